The van der Waals surface area contributed by atoms with E-state index in [1.807, 2.05) is 6.07 Å². The second-order valence-corrected chi connectivity index (χ2v) is 7.83. The molecule has 2 aliphatic heterocycles. The molecule has 0 bridgehead atoms. The molecule has 0 saturated carbocycles. The third kappa shape index (κ3) is 5.41. The minimum Gasteiger partial charge on any atom is -0.338 e. The highest BCUT2D eigenvalue weighted by molar-refractivity contribution is 5.91. The first kappa shape index (κ1) is 20.2. The highest BCUT2D eigenvalue weighted by Gasteiger charge is 2.27. The van der Waals surface area contributed by atoms with Gasteiger partial charge in [-0.25, -0.2) is 0 Å². The first-order valence-electron chi connectivity index (χ1n) is 8.86. The van der Waals surface area contributed by atoms with Gasteiger partial charge in [-0.1, -0.05) is 25.9 Å². The number of hydrogen-bond acceptors (Lipinski definition) is 6. The Hall–Kier alpha value is -1.15. The zero-order chi connectivity index (χ0) is 17.2. The van der Waals surface area contributed by atoms with Gasteiger partial charge in [-0.3, -0.25) is 19.9 Å². The second kappa shape index (κ2) is 8.49. The van der Waals surface area contributed by atoms with Crippen molar-refractivity contribution >= 4 is 24.2 Å². The Kier molecular flexibility index (Phi) is 6.85. The van der Waals surface area contributed by atoms with E-state index in [0.29, 0.717) is 18.5 Å². The van der Waals surface area contributed by atoms with Gasteiger partial charge in [-0.05, 0) is 13.0 Å². The minimum atomic E-state index is -0.0854. The second-order valence-electron chi connectivity index (χ2n) is 7.83. The van der Waals surface area contributed by atoms with E-state index in [2.05, 4.69) is 46.4 Å². The van der Waals surface area contributed by atoms with Crippen LogP contribution in [0.25, 0.3) is 0 Å². The number of hydrogen-bond donors (Lipinski definition) is 2. The molecule has 1 aromatic rings. The summed E-state index contributed by atoms with van der Waals surface area (Å²) >= 11 is 0. The third-order valence-corrected chi connectivity index (χ3v) is 4.87. The van der Waals surface area contributed by atoms with Crippen LogP contribution in [0, 0.1) is 0 Å². The first-order valence-corrected chi connectivity index (χ1v) is 8.86. The maximum absolute atomic E-state index is 12.2. The molecule has 1 atom stereocenters. The van der Waals surface area contributed by atoms with Crippen molar-refractivity contribution in [1.29, 1.82) is 0 Å². The third-order valence-electron chi connectivity index (χ3n) is 4.87. The van der Waals surface area contributed by atoms with E-state index >= 15 is 0 Å². The first-order chi connectivity index (χ1) is 11.4. The molecule has 142 valence electrons. The van der Waals surface area contributed by atoms with Gasteiger partial charge >= 0.3 is 0 Å². The van der Waals surface area contributed by atoms with Crippen molar-refractivity contribution < 1.29 is 9.32 Å². The Labute approximate surface area is 155 Å². The fraction of sp³-hybridized carbons (Fsp3) is 0.765. The summed E-state index contributed by atoms with van der Waals surface area (Å²) in [4.78, 5) is 17.0. The van der Waals surface area contributed by atoms with Crippen molar-refractivity contribution in [3.05, 3.63) is 11.8 Å². The predicted octanol–water partition coefficient (Wildman–Crippen LogP) is 1.31. The molecule has 1 unspecified atom stereocenters. The maximum Gasteiger partial charge on any atom is 0.240 e. The van der Waals surface area contributed by atoms with Crippen LogP contribution in [-0.4, -0.2) is 72.7 Å². The van der Waals surface area contributed by atoms with Crippen molar-refractivity contribution in [1.82, 2.24) is 20.3 Å². The SMILES string of the molecule is CC(C)(C)c1cc(NC(=O)CN2CCN(C3CCNC3)CC2)on1.Cl. The molecule has 0 aromatic carbocycles. The number of carbonyl (C=O) groups excluding carboxylic acids is 1. The topological polar surface area (TPSA) is 73.6 Å². The van der Waals surface area contributed by atoms with E-state index in [4.69, 9.17) is 4.52 Å². The summed E-state index contributed by atoms with van der Waals surface area (Å²) < 4.78 is 5.22. The Bertz CT molecular complexity index is 558. The lowest BCUT2D eigenvalue weighted by Gasteiger charge is -2.37. The molecule has 1 aromatic heterocycles. The Balaban J connectivity index is 0.00000225. The molecule has 8 heteroatoms. The summed E-state index contributed by atoms with van der Waals surface area (Å²) in [5.74, 6) is 0.392. The lowest BCUT2D eigenvalue weighted by molar-refractivity contribution is -0.117. The number of piperazine rings is 1. The monoisotopic (exact) mass is 371 g/mol. The maximum atomic E-state index is 12.2. The van der Waals surface area contributed by atoms with Crippen molar-refractivity contribution in [3.8, 4) is 0 Å². The summed E-state index contributed by atoms with van der Waals surface area (Å²) in [7, 11) is 0. The van der Waals surface area contributed by atoms with Crippen LogP contribution >= 0.6 is 12.4 Å². The predicted molar refractivity (Wildman–Crippen MR) is 100 cm³/mol. The number of aromatic nitrogens is 1. The van der Waals surface area contributed by atoms with E-state index in [1.54, 1.807) is 0 Å². The smallest absolute Gasteiger partial charge is 0.240 e. The molecule has 25 heavy (non-hydrogen) atoms. The van der Waals surface area contributed by atoms with E-state index in [1.165, 1.54) is 6.42 Å². The molecule has 2 fully saturated rings. The molecule has 0 aliphatic carbocycles. The Morgan fingerprint density at radius 3 is 2.64 bits per heavy atom. The average molecular weight is 372 g/mol. The largest absolute Gasteiger partial charge is 0.338 e. The number of anilines is 1. The lowest BCUT2D eigenvalue weighted by Crippen LogP contribution is -2.52. The van der Waals surface area contributed by atoms with Gasteiger partial charge in [0.05, 0.1) is 12.2 Å². The summed E-state index contributed by atoms with van der Waals surface area (Å²) in [5.41, 5.74) is 0.759. The normalized spacial score (nSPS) is 22.6. The van der Waals surface area contributed by atoms with Gasteiger partial charge in [0.25, 0.3) is 0 Å². The summed E-state index contributed by atoms with van der Waals surface area (Å²) in [6.07, 6.45) is 1.24. The molecule has 2 saturated heterocycles. The highest BCUT2D eigenvalue weighted by atomic mass is 35.5. The quantitative estimate of drug-likeness (QED) is 0.831. The number of nitrogens with one attached hydrogen (secondary N) is 2. The molecule has 0 radical (unpaired) electrons. The highest BCUT2D eigenvalue weighted by Crippen LogP contribution is 2.23. The van der Waals surface area contributed by atoms with Crippen molar-refractivity contribution in [2.24, 2.45) is 0 Å². The van der Waals surface area contributed by atoms with Crippen LogP contribution in [0.4, 0.5) is 5.88 Å². The van der Waals surface area contributed by atoms with Crippen LogP contribution < -0.4 is 10.6 Å². The summed E-state index contributed by atoms with van der Waals surface area (Å²) in [5, 5.41) is 10.3. The number of halogens is 1. The van der Waals surface area contributed by atoms with E-state index in [0.717, 1.165) is 45.0 Å². The molecule has 2 N–H and O–H groups in total. The van der Waals surface area contributed by atoms with E-state index < -0.39 is 0 Å². The van der Waals surface area contributed by atoms with Crippen LogP contribution in [0.5, 0.6) is 0 Å². The van der Waals surface area contributed by atoms with Gasteiger partial charge < -0.3 is 9.84 Å². The van der Waals surface area contributed by atoms with Gasteiger partial charge in [0.1, 0.15) is 0 Å². The van der Waals surface area contributed by atoms with Crippen LogP contribution in [-0.2, 0) is 10.2 Å². The van der Waals surface area contributed by atoms with E-state index in [-0.39, 0.29) is 23.7 Å². The van der Waals surface area contributed by atoms with Crippen LogP contribution in [0.3, 0.4) is 0 Å². The summed E-state index contributed by atoms with van der Waals surface area (Å²) in [6, 6.07) is 2.48. The molecular weight excluding hydrogens is 342 g/mol. The Morgan fingerprint density at radius 1 is 1.36 bits per heavy atom. The minimum absolute atomic E-state index is 0. The van der Waals surface area contributed by atoms with Gasteiger partial charge in [0, 0.05) is 50.2 Å². The molecule has 3 rings (SSSR count). The molecule has 0 spiro atoms. The van der Waals surface area contributed by atoms with Gasteiger partial charge in [0.15, 0.2) is 0 Å². The van der Waals surface area contributed by atoms with Gasteiger partial charge in [0.2, 0.25) is 11.8 Å². The van der Waals surface area contributed by atoms with Crippen molar-refractivity contribution in [2.45, 2.75) is 38.6 Å². The van der Waals surface area contributed by atoms with Crippen LogP contribution in [0.15, 0.2) is 10.6 Å². The summed E-state index contributed by atoms with van der Waals surface area (Å²) in [6.45, 7) is 12.8. The molecule has 7 nitrogen and oxygen atoms in total. The van der Waals surface area contributed by atoms with Crippen LogP contribution in [0.2, 0.25) is 0 Å². The lowest BCUT2D eigenvalue weighted by atomic mass is 9.92. The Morgan fingerprint density at radius 2 is 2.08 bits per heavy atom. The number of amides is 1. The van der Waals surface area contributed by atoms with E-state index in [9.17, 15) is 4.79 Å². The molecule has 3 heterocycles. The fourth-order valence-electron chi connectivity index (χ4n) is 3.31. The number of rotatable bonds is 4. The number of carbonyl (C=O) groups is 1. The molecule has 2 aliphatic rings. The molecule has 1 amide bonds. The zero-order valence-corrected chi connectivity index (χ0v) is 16.2. The van der Waals surface area contributed by atoms with Gasteiger partial charge in [-0.2, -0.15) is 0 Å². The number of nitrogens with zero attached hydrogens (tertiary/aromatic N) is 3. The van der Waals surface area contributed by atoms with Crippen molar-refractivity contribution in [2.75, 3.05) is 51.1 Å². The van der Waals surface area contributed by atoms with Crippen molar-refractivity contribution in [3.63, 3.8) is 0 Å². The molecular formula is C17H30ClN5O2. The average Bonchev–Trinajstić information content (AvgIpc) is 3.18. The van der Waals surface area contributed by atoms with Crippen LogP contribution in [0.1, 0.15) is 32.9 Å². The standard InChI is InChI=1S/C17H29N5O2.ClH/c1-17(2,3)14-10-16(24-20-14)19-15(23)12-21-6-8-22(9-7-21)13-4-5-18-11-13;/h10,13,18H,4-9,11-12H2,1-3H3,(H,19,23);1H. The fourth-order valence-corrected chi connectivity index (χ4v) is 3.31. The van der Waals surface area contributed by atoms with Gasteiger partial charge in [-0.15, -0.1) is 12.4 Å². The zero-order valence-electron chi connectivity index (χ0n) is 15.4.